The van der Waals surface area contributed by atoms with Gasteiger partial charge in [-0.15, -0.1) is 0 Å². The van der Waals surface area contributed by atoms with Crippen molar-refractivity contribution < 1.29 is 14.3 Å². The third kappa shape index (κ3) is 3.92. The van der Waals surface area contributed by atoms with Crippen molar-refractivity contribution in [1.29, 1.82) is 0 Å². The number of fused-ring (bicyclic) bond motifs is 1. The van der Waals surface area contributed by atoms with Crippen molar-refractivity contribution in [2.24, 2.45) is 0 Å². The van der Waals surface area contributed by atoms with E-state index in [2.05, 4.69) is 4.57 Å². The number of ether oxygens (including phenoxy) is 2. The van der Waals surface area contributed by atoms with Gasteiger partial charge in [-0.2, -0.15) is 0 Å². The number of carbonyl (C=O) groups excluding carboxylic acids is 1. The minimum Gasteiger partial charge on any atom is -0.497 e. The lowest BCUT2D eigenvalue weighted by molar-refractivity contribution is -0.142. The molecule has 0 bridgehead atoms. The van der Waals surface area contributed by atoms with Crippen LogP contribution in [0.4, 0.5) is 0 Å². The summed E-state index contributed by atoms with van der Waals surface area (Å²) in [4.78, 5) is 12.1. The molecule has 1 aromatic heterocycles. The Hall–Kier alpha value is -2.17. The van der Waals surface area contributed by atoms with Crippen LogP contribution in [0.1, 0.15) is 23.7 Å². The van der Waals surface area contributed by atoms with Crippen molar-refractivity contribution in [3.8, 4) is 5.75 Å². The maximum Gasteiger partial charge on any atom is 0.310 e. The maximum absolute atomic E-state index is 12.1. The molecule has 0 aliphatic carbocycles. The van der Waals surface area contributed by atoms with E-state index in [1.54, 1.807) is 14.0 Å². The average Bonchev–Trinajstić information content (AvgIpc) is 2.89. The molecule has 0 amide bonds. The van der Waals surface area contributed by atoms with Gasteiger partial charge in [0, 0.05) is 32.2 Å². The first-order valence-electron chi connectivity index (χ1n) is 8.70. The Morgan fingerprint density at radius 2 is 1.81 bits per heavy atom. The van der Waals surface area contributed by atoms with Gasteiger partial charge >= 0.3 is 5.97 Å². The number of nitrogens with zero attached hydrogens (tertiary/aromatic N) is 1. The summed E-state index contributed by atoms with van der Waals surface area (Å²) in [6.45, 7) is 4.66. The second-order valence-electron chi connectivity index (χ2n) is 6.22. The van der Waals surface area contributed by atoms with Gasteiger partial charge in [-0.3, -0.25) is 4.79 Å². The first-order valence-corrected chi connectivity index (χ1v) is 9.46. The Labute approximate surface area is 168 Å². The smallest absolute Gasteiger partial charge is 0.310 e. The van der Waals surface area contributed by atoms with E-state index in [1.165, 1.54) is 0 Å². The SMILES string of the molecule is CCOC(=O)Cc1c(C)n(Cc2c(Cl)cccc2Cl)c2ccc(OC)cc12. The summed E-state index contributed by atoms with van der Waals surface area (Å²) in [7, 11) is 1.62. The molecule has 0 aliphatic heterocycles. The normalized spacial score (nSPS) is 11.0. The Morgan fingerprint density at radius 1 is 1.11 bits per heavy atom. The minimum absolute atomic E-state index is 0.201. The molecule has 0 N–H and O–H groups in total. The molecule has 3 aromatic rings. The topological polar surface area (TPSA) is 40.5 Å². The van der Waals surface area contributed by atoms with Gasteiger partial charge in [0.25, 0.3) is 0 Å². The zero-order chi connectivity index (χ0) is 19.6. The molecule has 27 heavy (non-hydrogen) atoms. The molecule has 142 valence electrons. The first kappa shape index (κ1) is 19.6. The molecule has 1 heterocycles. The second kappa shape index (κ2) is 8.24. The molecule has 0 radical (unpaired) electrons. The highest BCUT2D eigenvalue weighted by molar-refractivity contribution is 6.36. The predicted molar refractivity (Wildman–Crippen MR) is 109 cm³/mol. The van der Waals surface area contributed by atoms with Crippen LogP contribution in [0.15, 0.2) is 36.4 Å². The zero-order valence-corrected chi connectivity index (χ0v) is 17.0. The quantitative estimate of drug-likeness (QED) is 0.514. The highest BCUT2D eigenvalue weighted by Crippen LogP contribution is 2.33. The van der Waals surface area contributed by atoms with Crippen molar-refractivity contribution in [2.45, 2.75) is 26.8 Å². The highest BCUT2D eigenvalue weighted by Gasteiger charge is 2.19. The number of methoxy groups -OCH3 is 1. The fourth-order valence-corrected chi connectivity index (χ4v) is 3.80. The zero-order valence-electron chi connectivity index (χ0n) is 15.5. The molecule has 3 rings (SSSR count). The van der Waals surface area contributed by atoms with E-state index in [9.17, 15) is 4.79 Å². The number of hydrogen-bond donors (Lipinski definition) is 0. The monoisotopic (exact) mass is 405 g/mol. The standard InChI is InChI=1S/C21H21Cl2NO3/c1-4-27-21(25)11-15-13(2)24(12-17-18(22)6-5-7-19(17)23)20-9-8-14(26-3)10-16(15)20/h5-10H,4,11-12H2,1-3H3. The molecular formula is C21H21Cl2NO3. The number of halogens is 2. The predicted octanol–water partition coefficient (Wildman–Crippen LogP) is 5.42. The number of benzene rings is 2. The number of rotatable bonds is 6. The average molecular weight is 406 g/mol. The Bertz CT molecular complexity index is 974. The lowest BCUT2D eigenvalue weighted by Crippen LogP contribution is -2.09. The van der Waals surface area contributed by atoms with Crippen LogP contribution in [0.3, 0.4) is 0 Å². The molecule has 0 spiro atoms. The lowest BCUT2D eigenvalue weighted by atomic mass is 10.1. The molecule has 0 saturated heterocycles. The molecular weight excluding hydrogens is 385 g/mol. The summed E-state index contributed by atoms with van der Waals surface area (Å²) < 4.78 is 12.6. The summed E-state index contributed by atoms with van der Waals surface area (Å²) in [5, 5.41) is 2.19. The van der Waals surface area contributed by atoms with Crippen molar-refractivity contribution in [2.75, 3.05) is 13.7 Å². The summed E-state index contributed by atoms with van der Waals surface area (Å²) >= 11 is 12.7. The van der Waals surface area contributed by atoms with Crippen LogP contribution < -0.4 is 4.74 Å². The van der Waals surface area contributed by atoms with Gasteiger partial charge in [-0.1, -0.05) is 29.3 Å². The number of esters is 1. The van der Waals surface area contributed by atoms with Crippen molar-refractivity contribution in [3.63, 3.8) is 0 Å². The van der Waals surface area contributed by atoms with Gasteiger partial charge in [0.05, 0.1) is 26.7 Å². The minimum atomic E-state index is -0.252. The number of aromatic nitrogens is 1. The van der Waals surface area contributed by atoms with Gasteiger partial charge in [-0.25, -0.2) is 0 Å². The molecule has 0 fully saturated rings. The number of carbonyl (C=O) groups is 1. The fraction of sp³-hybridized carbons (Fsp3) is 0.286. The van der Waals surface area contributed by atoms with Gasteiger partial charge in [-0.05, 0) is 49.7 Å². The van der Waals surface area contributed by atoms with Crippen molar-refractivity contribution >= 4 is 40.1 Å². The van der Waals surface area contributed by atoms with Gasteiger partial charge < -0.3 is 14.0 Å². The molecule has 0 unspecified atom stereocenters. The van der Waals surface area contributed by atoms with Crippen LogP contribution >= 0.6 is 23.2 Å². The Kier molecular flexibility index (Phi) is 5.98. The van der Waals surface area contributed by atoms with Gasteiger partial charge in [0.2, 0.25) is 0 Å². The highest BCUT2D eigenvalue weighted by atomic mass is 35.5. The van der Waals surface area contributed by atoms with Gasteiger partial charge in [0.15, 0.2) is 0 Å². The van der Waals surface area contributed by atoms with Crippen LogP contribution in [-0.2, 0) is 22.5 Å². The Balaban J connectivity index is 2.15. The molecule has 0 aliphatic rings. The second-order valence-corrected chi connectivity index (χ2v) is 7.03. The van der Waals surface area contributed by atoms with Crippen LogP contribution in [0.25, 0.3) is 10.9 Å². The van der Waals surface area contributed by atoms with E-state index in [0.717, 1.165) is 33.5 Å². The molecule has 4 nitrogen and oxygen atoms in total. The van der Waals surface area contributed by atoms with E-state index in [-0.39, 0.29) is 12.4 Å². The Morgan fingerprint density at radius 3 is 2.44 bits per heavy atom. The third-order valence-electron chi connectivity index (χ3n) is 4.67. The van der Waals surface area contributed by atoms with Gasteiger partial charge in [0.1, 0.15) is 5.75 Å². The largest absolute Gasteiger partial charge is 0.497 e. The first-order chi connectivity index (χ1) is 13.0. The van der Waals surface area contributed by atoms with Crippen molar-refractivity contribution in [1.82, 2.24) is 4.57 Å². The van der Waals surface area contributed by atoms with E-state index < -0.39 is 0 Å². The maximum atomic E-state index is 12.1. The summed E-state index contributed by atoms with van der Waals surface area (Å²) in [6, 6.07) is 11.3. The van der Waals surface area contributed by atoms with E-state index >= 15 is 0 Å². The van der Waals surface area contributed by atoms with Crippen LogP contribution in [-0.4, -0.2) is 24.3 Å². The van der Waals surface area contributed by atoms with E-state index in [0.29, 0.717) is 23.2 Å². The fourth-order valence-electron chi connectivity index (χ4n) is 3.28. The van der Waals surface area contributed by atoms with Crippen LogP contribution in [0.2, 0.25) is 10.0 Å². The molecule has 6 heteroatoms. The van der Waals surface area contributed by atoms with Crippen LogP contribution in [0, 0.1) is 6.92 Å². The molecule has 2 aromatic carbocycles. The van der Waals surface area contributed by atoms with E-state index in [1.807, 2.05) is 43.3 Å². The van der Waals surface area contributed by atoms with Crippen molar-refractivity contribution in [3.05, 3.63) is 63.3 Å². The number of hydrogen-bond acceptors (Lipinski definition) is 3. The summed E-state index contributed by atoms with van der Waals surface area (Å²) in [5.41, 5.74) is 3.73. The third-order valence-corrected chi connectivity index (χ3v) is 5.37. The van der Waals surface area contributed by atoms with E-state index in [4.69, 9.17) is 32.7 Å². The summed E-state index contributed by atoms with van der Waals surface area (Å²) in [5.74, 6) is 0.485. The lowest BCUT2D eigenvalue weighted by Gasteiger charge is -2.12. The molecule has 0 atom stereocenters. The molecule has 0 saturated carbocycles. The van der Waals surface area contributed by atoms with Crippen LogP contribution in [0.5, 0.6) is 5.75 Å². The summed E-state index contributed by atoms with van der Waals surface area (Å²) in [6.07, 6.45) is 0.201.